The van der Waals surface area contributed by atoms with E-state index in [1.807, 2.05) is 7.05 Å². The fraction of sp³-hybridized carbons (Fsp3) is 0.250. The quantitative estimate of drug-likeness (QED) is 0.768. The van der Waals surface area contributed by atoms with Crippen LogP contribution < -0.4 is 5.32 Å². The van der Waals surface area contributed by atoms with E-state index < -0.39 is 0 Å². The fourth-order valence-electron chi connectivity index (χ4n) is 2.01. The van der Waals surface area contributed by atoms with E-state index in [2.05, 4.69) is 59.9 Å². The van der Waals surface area contributed by atoms with Crippen molar-refractivity contribution in [1.29, 1.82) is 0 Å². The van der Waals surface area contributed by atoms with Gasteiger partial charge in [-0.1, -0.05) is 54.6 Å². The van der Waals surface area contributed by atoms with Crippen LogP contribution in [0.4, 0.5) is 0 Å². The topological polar surface area (TPSA) is 12.0 Å². The lowest BCUT2D eigenvalue weighted by atomic mass is 10.0. The van der Waals surface area contributed by atoms with Gasteiger partial charge in [0, 0.05) is 0 Å². The molecular weight excluding hydrogens is 206 g/mol. The minimum Gasteiger partial charge on any atom is -0.320 e. The van der Waals surface area contributed by atoms with E-state index >= 15 is 0 Å². The third-order valence-corrected chi connectivity index (χ3v) is 2.93. The van der Waals surface area contributed by atoms with E-state index in [-0.39, 0.29) is 0 Å². The monoisotopic (exact) mass is 225 g/mol. The number of nitrogens with one attached hydrogen (secondary N) is 1. The molecule has 1 nitrogen and oxygen atoms in total. The van der Waals surface area contributed by atoms with Crippen LogP contribution in [0, 0.1) is 0 Å². The first kappa shape index (κ1) is 11.9. The van der Waals surface area contributed by atoms with Crippen LogP contribution in [0.5, 0.6) is 0 Å². The molecule has 0 bridgehead atoms. The van der Waals surface area contributed by atoms with Crippen LogP contribution in [0.25, 0.3) is 11.1 Å². The van der Waals surface area contributed by atoms with Gasteiger partial charge < -0.3 is 5.32 Å². The number of rotatable bonds is 5. The molecule has 0 spiro atoms. The molecule has 0 saturated carbocycles. The Hall–Kier alpha value is -1.60. The van der Waals surface area contributed by atoms with Crippen LogP contribution in [0.2, 0.25) is 0 Å². The molecule has 0 aliphatic carbocycles. The Balaban J connectivity index is 2.12. The smallest absolute Gasteiger partial charge is 0.00488 e. The van der Waals surface area contributed by atoms with Gasteiger partial charge in [-0.25, -0.2) is 0 Å². The largest absolute Gasteiger partial charge is 0.320 e. The Labute approximate surface area is 103 Å². The summed E-state index contributed by atoms with van der Waals surface area (Å²) in [5.41, 5.74) is 4.03. The first-order valence-electron chi connectivity index (χ1n) is 6.19. The molecule has 0 heterocycles. The van der Waals surface area contributed by atoms with E-state index in [9.17, 15) is 0 Å². The third kappa shape index (κ3) is 3.43. The molecule has 0 radical (unpaired) electrons. The summed E-state index contributed by atoms with van der Waals surface area (Å²) < 4.78 is 0. The highest BCUT2D eigenvalue weighted by molar-refractivity contribution is 5.63. The van der Waals surface area contributed by atoms with Crippen molar-refractivity contribution in [1.82, 2.24) is 5.32 Å². The van der Waals surface area contributed by atoms with Crippen molar-refractivity contribution in [3.63, 3.8) is 0 Å². The minimum absolute atomic E-state index is 1.08. The van der Waals surface area contributed by atoms with Crippen molar-refractivity contribution in [3.05, 3.63) is 60.2 Å². The molecule has 0 aliphatic heterocycles. The molecule has 0 fully saturated rings. The van der Waals surface area contributed by atoms with Crippen molar-refractivity contribution in [2.75, 3.05) is 13.6 Å². The Kier molecular flexibility index (Phi) is 4.34. The molecule has 2 aromatic rings. The van der Waals surface area contributed by atoms with Gasteiger partial charge in [0.15, 0.2) is 0 Å². The normalized spacial score (nSPS) is 10.4. The van der Waals surface area contributed by atoms with Crippen molar-refractivity contribution in [2.24, 2.45) is 0 Å². The Bertz CT molecular complexity index is 448. The van der Waals surface area contributed by atoms with Crippen LogP contribution in [-0.4, -0.2) is 13.6 Å². The lowest BCUT2D eigenvalue weighted by Crippen LogP contribution is -2.08. The molecule has 0 unspecified atom stereocenters. The second-order valence-corrected chi connectivity index (χ2v) is 4.27. The summed E-state index contributed by atoms with van der Waals surface area (Å²) in [6.07, 6.45) is 2.33. The standard InChI is InChI=1S/C16H19N/c1-17-12-6-8-14-7-5-11-16(13-14)15-9-3-2-4-10-15/h2-5,7,9-11,13,17H,6,8,12H2,1H3. The Morgan fingerprint density at radius 2 is 1.65 bits per heavy atom. The highest BCUT2D eigenvalue weighted by Gasteiger charge is 1.98. The van der Waals surface area contributed by atoms with Crippen LogP contribution in [0.1, 0.15) is 12.0 Å². The summed E-state index contributed by atoms with van der Waals surface area (Å²) in [5, 5.41) is 3.18. The third-order valence-electron chi connectivity index (χ3n) is 2.93. The Morgan fingerprint density at radius 1 is 0.882 bits per heavy atom. The van der Waals surface area contributed by atoms with Gasteiger partial charge in [-0.15, -0.1) is 0 Å². The number of benzene rings is 2. The van der Waals surface area contributed by atoms with E-state index in [0.29, 0.717) is 0 Å². The maximum atomic E-state index is 3.18. The average molecular weight is 225 g/mol. The van der Waals surface area contributed by atoms with Gasteiger partial charge in [-0.05, 0) is 43.1 Å². The van der Waals surface area contributed by atoms with Crippen LogP contribution in [0.3, 0.4) is 0 Å². The highest BCUT2D eigenvalue weighted by Crippen LogP contribution is 2.20. The second kappa shape index (κ2) is 6.21. The zero-order valence-electron chi connectivity index (χ0n) is 10.3. The van der Waals surface area contributed by atoms with E-state index in [0.717, 1.165) is 13.0 Å². The van der Waals surface area contributed by atoms with Gasteiger partial charge in [-0.3, -0.25) is 0 Å². The SMILES string of the molecule is CNCCCc1cccc(-c2ccccc2)c1. The molecule has 0 saturated heterocycles. The summed E-state index contributed by atoms with van der Waals surface area (Å²) in [6, 6.07) is 19.4. The molecule has 0 aromatic heterocycles. The number of hydrogen-bond donors (Lipinski definition) is 1. The lowest BCUT2D eigenvalue weighted by Gasteiger charge is -2.05. The lowest BCUT2D eigenvalue weighted by molar-refractivity contribution is 0.725. The van der Waals surface area contributed by atoms with Crippen LogP contribution in [0.15, 0.2) is 54.6 Å². The highest BCUT2D eigenvalue weighted by atomic mass is 14.8. The first-order chi connectivity index (χ1) is 8.40. The zero-order chi connectivity index (χ0) is 11.9. The second-order valence-electron chi connectivity index (χ2n) is 4.27. The Morgan fingerprint density at radius 3 is 2.41 bits per heavy atom. The van der Waals surface area contributed by atoms with Crippen LogP contribution >= 0.6 is 0 Å². The molecule has 88 valence electrons. The minimum atomic E-state index is 1.08. The molecule has 0 aliphatic rings. The maximum Gasteiger partial charge on any atom is -0.00488 e. The molecule has 1 heteroatoms. The molecule has 0 amide bonds. The summed E-state index contributed by atoms with van der Waals surface area (Å²) in [5.74, 6) is 0. The molecule has 2 rings (SSSR count). The predicted molar refractivity (Wildman–Crippen MR) is 74.1 cm³/mol. The molecule has 0 atom stereocenters. The van der Waals surface area contributed by atoms with Crippen molar-refractivity contribution >= 4 is 0 Å². The molecular formula is C16H19N. The van der Waals surface area contributed by atoms with E-state index in [4.69, 9.17) is 0 Å². The van der Waals surface area contributed by atoms with Gasteiger partial charge in [0.05, 0.1) is 0 Å². The first-order valence-corrected chi connectivity index (χ1v) is 6.19. The molecule has 17 heavy (non-hydrogen) atoms. The fourth-order valence-corrected chi connectivity index (χ4v) is 2.01. The van der Waals surface area contributed by atoms with Gasteiger partial charge in [0.2, 0.25) is 0 Å². The van der Waals surface area contributed by atoms with Crippen LogP contribution in [-0.2, 0) is 6.42 Å². The number of hydrogen-bond acceptors (Lipinski definition) is 1. The summed E-state index contributed by atoms with van der Waals surface area (Å²) in [6.45, 7) is 1.08. The van der Waals surface area contributed by atoms with Crippen molar-refractivity contribution in [2.45, 2.75) is 12.8 Å². The molecule has 2 aromatic carbocycles. The molecule has 1 N–H and O–H groups in total. The van der Waals surface area contributed by atoms with E-state index in [1.165, 1.54) is 23.1 Å². The number of aryl methyl sites for hydroxylation is 1. The van der Waals surface area contributed by atoms with E-state index in [1.54, 1.807) is 0 Å². The van der Waals surface area contributed by atoms with Gasteiger partial charge in [-0.2, -0.15) is 0 Å². The van der Waals surface area contributed by atoms with Gasteiger partial charge >= 0.3 is 0 Å². The summed E-state index contributed by atoms with van der Waals surface area (Å²) in [4.78, 5) is 0. The van der Waals surface area contributed by atoms with Gasteiger partial charge in [0.1, 0.15) is 0 Å². The zero-order valence-corrected chi connectivity index (χ0v) is 10.3. The van der Waals surface area contributed by atoms with Gasteiger partial charge in [0.25, 0.3) is 0 Å². The predicted octanol–water partition coefficient (Wildman–Crippen LogP) is 3.51. The maximum absolute atomic E-state index is 3.18. The summed E-state index contributed by atoms with van der Waals surface area (Å²) >= 11 is 0. The van der Waals surface area contributed by atoms with Crippen molar-refractivity contribution in [3.8, 4) is 11.1 Å². The summed E-state index contributed by atoms with van der Waals surface area (Å²) in [7, 11) is 2.00. The van der Waals surface area contributed by atoms with Crippen molar-refractivity contribution < 1.29 is 0 Å². The average Bonchev–Trinajstić information content (AvgIpc) is 2.41.